The van der Waals surface area contributed by atoms with Crippen LogP contribution in [0.2, 0.25) is 0 Å². The van der Waals surface area contributed by atoms with Crippen molar-refractivity contribution in [3.8, 4) is 0 Å². The molecule has 17 heavy (non-hydrogen) atoms. The summed E-state index contributed by atoms with van der Waals surface area (Å²) < 4.78 is 26.1. The van der Waals surface area contributed by atoms with Crippen LogP contribution in [-0.2, 0) is 10.5 Å². The molecule has 5 heteroatoms. The van der Waals surface area contributed by atoms with Gasteiger partial charge in [0.2, 0.25) is 5.91 Å². The van der Waals surface area contributed by atoms with Gasteiger partial charge in [0.05, 0.1) is 5.75 Å². The fourth-order valence-corrected chi connectivity index (χ4v) is 1.98. The van der Waals surface area contributed by atoms with E-state index in [4.69, 9.17) is 0 Å². The van der Waals surface area contributed by atoms with E-state index in [9.17, 15) is 13.6 Å². The Labute approximate surface area is 103 Å². The number of rotatable bonds is 6. The molecular formula is C12H13F2NOS. The molecule has 0 bridgehead atoms. The molecule has 1 aromatic rings. The van der Waals surface area contributed by atoms with Crippen molar-refractivity contribution in [3.63, 3.8) is 0 Å². The number of benzene rings is 1. The van der Waals surface area contributed by atoms with E-state index in [-0.39, 0.29) is 23.0 Å². The predicted octanol–water partition coefficient (Wildman–Crippen LogP) is 2.50. The van der Waals surface area contributed by atoms with E-state index in [1.807, 2.05) is 0 Å². The van der Waals surface area contributed by atoms with E-state index >= 15 is 0 Å². The molecule has 0 aliphatic carbocycles. The maximum atomic E-state index is 13.2. The Morgan fingerprint density at radius 2 is 2.24 bits per heavy atom. The molecule has 1 amide bonds. The van der Waals surface area contributed by atoms with Crippen LogP contribution in [0.4, 0.5) is 8.78 Å². The van der Waals surface area contributed by atoms with E-state index in [0.717, 1.165) is 6.07 Å². The van der Waals surface area contributed by atoms with Crippen LogP contribution in [0.15, 0.2) is 30.9 Å². The first kappa shape index (κ1) is 13.7. The smallest absolute Gasteiger partial charge is 0.230 e. The van der Waals surface area contributed by atoms with E-state index in [2.05, 4.69) is 11.9 Å². The van der Waals surface area contributed by atoms with Crippen LogP contribution in [0.25, 0.3) is 0 Å². The summed E-state index contributed by atoms with van der Waals surface area (Å²) in [5, 5.41) is 2.60. The van der Waals surface area contributed by atoms with Gasteiger partial charge < -0.3 is 5.32 Å². The second kappa shape index (κ2) is 7.06. The molecule has 0 aliphatic heterocycles. The van der Waals surface area contributed by atoms with Crippen molar-refractivity contribution in [3.05, 3.63) is 48.1 Å². The molecule has 1 aromatic carbocycles. The SMILES string of the molecule is C=CCNC(=O)CSCc1cccc(F)c1F. The number of carbonyl (C=O) groups is 1. The van der Waals surface area contributed by atoms with Crippen molar-refractivity contribution < 1.29 is 13.6 Å². The second-order valence-electron chi connectivity index (χ2n) is 3.30. The van der Waals surface area contributed by atoms with Gasteiger partial charge in [-0.25, -0.2) is 8.78 Å². The third-order valence-electron chi connectivity index (χ3n) is 1.97. The average Bonchev–Trinajstić information content (AvgIpc) is 2.32. The first-order valence-corrected chi connectivity index (χ1v) is 6.19. The highest BCUT2D eigenvalue weighted by molar-refractivity contribution is 7.99. The van der Waals surface area contributed by atoms with Crippen LogP contribution in [0.3, 0.4) is 0 Å². The maximum Gasteiger partial charge on any atom is 0.230 e. The molecule has 2 nitrogen and oxygen atoms in total. The molecule has 0 aromatic heterocycles. The lowest BCUT2D eigenvalue weighted by molar-refractivity contribution is -0.118. The fraction of sp³-hybridized carbons (Fsp3) is 0.250. The number of nitrogens with one attached hydrogen (secondary N) is 1. The van der Waals surface area contributed by atoms with Crippen molar-refractivity contribution >= 4 is 17.7 Å². The normalized spacial score (nSPS) is 10.0. The lowest BCUT2D eigenvalue weighted by Gasteiger charge is -2.04. The van der Waals surface area contributed by atoms with Gasteiger partial charge in [0.1, 0.15) is 0 Å². The number of carbonyl (C=O) groups excluding carboxylic acids is 1. The summed E-state index contributed by atoms with van der Waals surface area (Å²) in [7, 11) is 0. The first-order chi connectivity index (χ1) is 8.15. The third-order valence-corrected chi connectivity index (χ3v) is 2.95. The minimum Gasteiger partial charge on any atom is -0.352 e. The number of halogens is 2. The zero-order valence-corrected chi connectivity index (χ0v) is 10.0. The standard InChI is InChI=1S/C12H13F2NOS/c1-2-6-15-11(16)8-17-7-9-4-3-5-10(13)12(9)14/h2-5H,1,6-8H2,(H,15,16). The molecule has 0 unspecified atom stereocenters. The van der Waals surface area contributed by atoms with Crippen LogP contribution in [0.1, 0.15) is 5.56 Å². The summed E-state index contributed by atoms with van der Waals surface area (Å²) in [5.74, 6) is -1.37. The second-order valence-corrected chi connectivity index (χ2v) is 4.28. The molecule has 92 valence electrons. The first-order valence-electron chi connectivity index (χ1n) is 5.03. The zero-order valence-electron chi connectivity index (χ0n) is 9.21. The van der Waals surface area contributed by atoms with Crippen molar-refractivity contribution in [2.24, 2.45) is 0 Å². The molecule has 0 saturated heterocycles. The highest BCUT2D eigenvalue weighted by Crippen LogP contribution is 2.17. The minimum atomic E-state index is -0.862. The number of amides is 1. The van der Waals surface area contributed by atoms with Gasteiger partial charge in [-0.2, -0.15) is 0 Å². The van der Waals surface area contributed by atoms with Gasteiger partial charge in [0, 0.05) is 17.9 Å². The van der Waals surface area contributed by atoms with Gasteiger partial charge in [-0.3, -0.25) is 4.79 Å². The zero-order chi connectivity index (χ0) is 12.7. The highest BCUT2D eigenvalue weighted by atomic mass is 32.2. The van der Waals surface area contributed by atoms with Gasteiger partial charge in [0.25, 0.3) is 0 Å². The Hall–Kier alpha value is -1.36. The summed E-state index contributed by atoms with van der Waals surface area (Å²) in [4.78, 5) is 11.2. The van der Waals surface area contributed by atoms with Gasteiger partial charge in [-0.05, 0) is 6.07 Å². The molecule has 0 saturated carbocycles. The Morgan fingerprint density at radius 1 is 1.47 bits per heavy atom. The van der Waals surface area contributed by atoms with Crippen LogP contribution in [0.5, 0.6) is 0 Å². The van der Waals surface area contributed by atoms with E-state index in [1.54, 1.807) is 6.08 Å². The lowest BCUT2D eigenvalue weighted by Crippen LogP contribution is -2.25. The molecule has 1 rings (SSSR count). The summed E-state index contributed by atoms with van der Waals surface area (Å²) in [5.41, 5.74) is 0.270. The summed E-state index contributed by atoms with van der Waals surface area (Å²) in [6.07, 6.45) is 1.58. The molecule has 0 spiro atoms. The van der Waals surface area contributed by atoms with Crippen LogP contribution >= 0.6 is 11.8 Å². The molecular weight excluding hydrogens is 244 g/mol. The van der Waals surface area contributed by atoms with Gasteiger partial charge in [-0.1, -0.05) is 18.2 Å². The summed E-state index contributed by atoms with van der Waals surface area (Å²) in [6, 6.07) is 4.03. The summed E-state index contributed by atoms with van der Waals surface area (Å²) >= 11 is 1.23. The molecule has 0 fully saturated rings. The van der Waals surface area contributed by atoms with Crippen molar-refractivity contribution in [1.29, 1.82) is 0 Å². The largest absolute Gasteiger partial charge is 0.352 e. The Morgan fingerprint density at radius 3 is 2.94 bits per heavy atom. The molecule has 0 radical (unpaired) electrons. The molecule has 0 heterocycles. The maximum absolute atomic E-state index is 13.2. The molecule has 0 aliphatic rings. The van der Waals surface area contributed by atoms with E-state index in [1.165, 1.54) is 23.9 Å². The quantitative estimate of drug-likeness (QED) is 0.793. The monoisotopic (exact) mass is 257 g/mol. The predicted molar refractivity (Wildman–Crippen MR) is 65.7 cm³/mol. The summed E-state index contributed by atoms with van der Waals surface area (Å²) in [6.45, 7) is 3.88. The van der Waals surface area contributed by atoms with Crippen molar-refractivity contribution in [2.45, 2.75) is 5.75 Å². The highest BCUT2D eigenvalue weighted by Gasteiger charge is 2.08. The average molecular weight is 257 g/mol. The van der Waals surface area contributed by atoms with Crippen LogP contribution < -0.4 is 5.32 Å². The Bertz CT molecular complexity index is 409. The van der Waals surface area contributed by atoms with Crippen LogP contribution in [0, 0.1) is 11.6 Å². The number of hydrogen-bond acceptors (Lipinski definition) is 2. The van der Waals surface area contributed by atoms with Crippen LogP contribution in [-0.4, -0.2) is 18.2 Å². The lowest BCUT2D eigenvalue weighted by atomic mass is 10.2. The molecule has 1 N–H and O–H groups in total. The topological polar surface area (TPSA) is 29.1 Å². The fourth-order valence-electron chi connectivity index (χ4n) is 1.15. The van der Waals surface area contributed by atoms with Crippen molar-refractivity contribution in [2.75, 3.05) is 12.3 Å². The van der Waals surface area contributed by atoms with E-state index < -0.39 is 11.6 Å². The van der Waals surface area contributed by atoms with E-state index in [0.29, 0.717) is 6.54 Å². The Kier molecular flexibility index (Phi) is 5.69. The van der Waals surface area contributed by atoms with Gasteiger partial charge in [0.15, 0.2) is 11.6 Å². The Balaban J connectivity index is 2.38. The van der Waals surface area contributed by atoms with Crippen molar-refractivity contribution in [1.82, 2.24) is 5.32 Å². The van der Waals surface area contributed by atoms with Gasteiger partial charge in [-0.15, -0.1) is 18.3 Å². The number of hydrogen-bond donors (Lipinski definition) is 1. The minimum absolute atomic E-state index is 0.147. The third kappa shape index (κ3) is 4.56. The van der Waals surface area contributed by atoms with Gasteiger partial charge >= 0.3 is 0 Å². The molecule has 0 atom stereocenters. The number of thioether (sulfide) groups is 1.